The molecule has 1 saturated carbocycles. The molecule has 1 aromatic heterocycles. The van der Waals surface area contributed by atoms with Crippen molar-refractivity contribution in [3.05, 3.63) is 24.2 Å². The van der Waals surface area contributed by atoms with E-state index in [0.717, 1.165) is 12.8 Å². The van der Waals surface area contributed by atoms with Crippen LogP contribution in [0.3, 0.4) is 0 Å². The van der Waals surface area contributed by atoms with E-state index >= 15 is 0 Å². The third kappa shape index (κ3) is 3.23. The lowest BCUT2D eigenvalue weighted by Gasteiger charge is -2.29. The Morgan fingerprint density at radius 2 is 2.22 bits per heavy atom. The highest BCUT2D eigenvalue weighted by Gasteiger charge is 2.44. The number of carbonyl (C=O) groups excluding carboxylic acids is 2. The summed E-state index contributed by atoms with van der Waals surface area (Å²) in [6.07, 6.45) is 3.34. The van der Waals surface area contributed by atoms with Gasteiger partial charge >= 0.3 is 5.97 Å². The number of furan rings is 1. The fourth-order valence-electron chi connectivity index (χ4n) is 3.05. The van der Waals surface area contributed by atoms with Gasteiger partial charge in [-0.25, -0.2) is 4.79 Å². The molecule has 2 fully saturated rings. The predicted molar refractivity (Wildman–Crippen MR) is 79.2 cm³/mol. The van der Waals surface area contributed by atoms with Crippen molar-refractivity contribution in [1.29, 1.82) is 0 Å². The zero-order valence-electron chi connectivity index (χ0n) is 13.0. The van der Waals surface area contributed by atoms with Crippen molar-refractivity contribution in [3.63, 3.8) is 0 Å². The quantitative estimate of drug-likeness (QED) is 0.847. The molecule has 1 N–H and O–H groups in total. The van der Waals surface area contributed by atoms with Gasteiger partial charge in [-0.2, -0.15) is 0 Å². The molecule has 7 heteroatoms. The Morgan fingerprint density at radius 1 is 1.48 bits per heavy atom. The molecule has 2 aliphatic rings. The van der Waals surface area contributed by atoms with Gasteiger partial charge in [-0.1, -0.05) is 0 Å². The van der Waals surface area contributed by atoms with Gasteiger partial charge in [0, 0.05) is 19.0 Å². The number of aliphatic carboxylic acids is 1. The van der Waals surface area contributed by atoms with Crippen LogP contribution in [0, 0.1) is 5.92 Å². The maximum Gasteiger partial charge on any atom is 0.326 e. The first-order chi connectivity index (χ1) is 11.0. The first-order valence-electron chi connectivity index (χ1n) is 7.82. The van der Waals surface area contributed by atoms with Gasteiger partial charge in [-0.15, -0.1) is 0 Å². The monoisotopic (exact) mass is 320 g/mol. The Labute approximate surface area is 133 Å². The van der Waals surface area contributed by atoms with Crippen molar-refractivity contribution in [2.75, 3.05) is 6.54 Å². The molecule has 0 radical (unpaired) electrons. The average molecular weight is 320 g/mol. The molecule has 0 spiro atoms. The summed E-state index contributed by atoms with van der Waals surface area (Å²) in [5.41, 5.74) is 0. The largest absolute Gasteiger partial charge is 0.480 e. The lowest BCUT2D eigenvalue weighted by molar-refractivity contribution is -0.151. The van der Waals surface area contributed by atoms with Crippen LogP contribution in [-0.4, -0.2) is 51.3 Å². The normalized spacial score (nSPS) is 22.2. The smallest absolute Gasteiger partial charge is 0.326 e. The van der Waals surface area contributed by atoms with Gasteiger partial charge in [0.15, 0.2) is 0 Å². The van der Waals surface area contributed by atoms with Crippen molar-refractivity contribution in [2.45, 2.75) is 44.8 Å². The molecule has 0 bridgehead atoms. The summed E-state index contributed by atoms with van der Waals surface area (Å²) >= 11 is 0. The molecule has 1 aliphatic heterocycles. The molecule has 23 heavy (non-hydrogen) atoms. The van der Waals surface area contributed by atoms with E-state index in [1.165, 1.54) is 11.8 Å². The van der Waals surface area contributed by atoms with Crippen molar-refractivity contribution in [2.24, 2.45) is 5.92 Å². The van der Waals surface area contributed by atoms with Crippen LogP contribution in [-0.2, 0) is 20.9 Å². The number of hydrogen-bond donors (Lipinski definition) is 1. The molecular weight excluding hydrogens is 300 g/mol. The topological polar surface area (TPSA) is 91.1 Å². The van der Waals surface area contributed by atoms with E-state index in [2.05, 4.69) is 0 Å². The van der Waals surface area contributed by atoms with E-state index in [9.17, 15) is 19.5 Å². The molecule has 2 heterocycles. The highest BCUT2D eigenvalue weighted by atomic mass is 16.4. The van der Waals surface area contributed by atoms with Crippen molar-refractivity contribution in [1.82, 2.24) is 9.80 Å². The molecular formula is C16H20N2O5. The minimum atomic E-state index is -1.01. The van der Waals surface area contributed by atoms with E-state index in [0.29, 0.717) is 18.8 Å². The summed E-state index contributed by atoms with van der Waals surface area (Å²) in [4.78, 5) is 39.2. The second kappa shape index (κ2) is 6.06. The molecule has 124 valence electrons. The van der Waals surface area contributed by atoms with Gasteiger partial charge in [0.25, 0.3) is 0 Å². The second-order valence-corrected chi connectivity index (χ2v) is 6.25. The Hall–Kier alpha value is -2.31. The van der Waals surface area contributed by atoms with Crippen molar-refractivity contribution in [3.8, 4) is 0 Å². The second-order valence-electron chi connectivity index (χ2n) is 6.25. The van der Waals surface area contributed by atoms with Crippen molar-refractivity contribution >= 4 is 17.8 Å². The number of carboxylic acid groups (broad SMARTS) is 1. The van der Waals surface area contributed by atoms with Crippen LogP contribution < -0.4 is 0 Å². The molecule has 2 unspecified atom stereocenters. The Morgan fingerprint density at radius 3 is 2.78 bits per heavy atom. The first-order valence-corrected chi connectivity index (χ1v) is 7.82. The van der Waals surface area contributed by atoms with Crippen LogP contribution in [0.15, 0.2) is 22.8 Å². The molecule has 7 nitrogen and oxygen atoms in total. The summed E-state index contributed by atoms with van der Waals surface area (Å²) in [6, 6.07) is 2.68. The third-order valence-corrected chi connectivity index (χ3v) is 4.46. The lowest BCUT2D eigenvalue weighted by atomic mass is 10.1. The number of rotatable bonds is 6. The number of amides is 2. The van der Waals surface area contributed by atoms with Gasteiger partial charge in [-0.3, -0.25) is 9.59 Å². The van der Waals surface area contributed by atoms with Gasteiger partial charge in [0.2, 0.25) is 11.8 Å². The summed E-state index contributed by atoms with van der Waals surface area (Å²) in [7, 11) is 0. The fourth-order valence-corrected chi connectivity index (χ4v) is 3.05. The summed E-state index contributed by atoms with van der Waals surface area (Å²) in [5.74, 6) is -1.14. The predicted octanol–water partition coefficient (Wildman–Crippen LogP) is 1.09. The standard InChI is InChI=1S/C16H20N2O5/c1-10(16(21)22)18(12-4-5-12)15(20)11-7-14(19)17(8-11)9-13-3-2-6-23-13/h2-3,6,10-12H,4-5,7-9H2,1H3,(H,21,22). The number of carboxylic acids is 1. The summed E-state index contributed by atoms with van der Waals surface area (Å²) in [5, 5.41) is 9.21. The highest BCUT2D eigenvalue weighted by Crippen LogP contribution is 2.32. The van der Waals surface area contributed by atoms with Gasteiger partial charge in [-0.05, 0) is 31.9 Å². The van der Waals surface area contributed by atoms with Crippen LogP contribution in [0.2, 0.25) is 0 Å². The van der Waals surface area contributed by atoms with Crippen LogP contribution in [0.1, 0.15) is 31.9 Å². The Bertz CT molecular complexity index is 608. The van der Waals surface area contributed by atoms with Crippen LogP contribution in [0.5, 0.6) is 0 Å². The Balaban J connectivity index is 1.67. The van der Waals surface area contributed by atoms with Gasteiger partial charge < -0.3 is 19.3 Å². The molecule has 1 saturated heterocycles. The highest BCUT2D eigenvalue weighted by molar-refractivity contribution is 5.91. The summed E-state index contributed by atoms with van der Waals surface area (Å²) in [6.45, 7) is 2.18. The zero-order chi connectivity index (χ0) is 16.6. The minimum Gasteiger partial charge on any atom is -0.480 e. The van der Waals surface area contributed by atoms with Gasteiger partial charge in [0.1, 0.15) is 11.8 Å². The van der Waals surface area contributed by atoms with Crippen LogP contribution in [0.4, 0.5) is 0 Å². The molecule has 2 amide bonds. The van der Waals surface area contributed by atoms with E-state index < -0.39 is 17.9 Å². The summed E-state index contributed by atoms with van der Waals surface area (Å²) < 4.78 is 5.24. The number of hydrogen-bond acceptors (Lipinski definition) is 4. The van der Waals surface area contributed by atoms with Crippen LogP contribution in [0.25, 0.3) is 0 Å². The van der Waals surface area contributed by atoms with E-state index in [1.807, 2.05) is 0 Å². The number of likely N-dealkylation sites (tertiary alicyclic amines) is 1. The SMILES string of the molecule is CC(C(=O)O)N(C(=O)C1CC(=O)N(Cc2ccco2)C1)C1CC1. The average Bonchev–Trinajstić information content (AvgIpc) is 3.07. The lowest BCUT2D eigenvalue weighted by Crippen LogP contribution is -2.47. The number of carbonyl (C=O) groups is 3. The van der Waals surface area contributed by atoms with E-state index in [4.69, 9.17) is 4.42 Å². The molecule has 3 rings (SSSR count). The zero-order valence-corrected chi connectivity index (χ0v) is 13.0. The maximum atomic E-state index is 12.7. The maximum absolute atomic E-state index is 12.7. The van der Waals surface area contributed by atoms with Gasteiger partial charge in [0.05, 0.1) is 18.7 Å². The molecule has 1 aliphatic carbocycles. The first kappa shape index (κ1) is 15.6. The van der Waals surface area contributed by atoms with Crippen LogP contribution >= 0.6 is 0 Å². The molecule has 0 aromatic carbocycles. The minimum absolute atomic E-state index is 0.00262. The third-order valence-electron chi connectivity index (χ3n) is 4.46. The van der Waals surface area contributed by atoms with E-state index in [-0.39, 0.29) is 24.3 Å². The molecule has 1 aromatic rings. The Kier molecular flexibility index (Phi) is 4.11. The fraction of sp³-hybridized carbons (Fsp3) is 0.562. The number of nitrogens with zero attached hydrogens (tertiary/aromatic N) is 2. The van der Waals surface area contributed by atoms with E-state index in [1.54, 1.807) is 23.3 Å². The van der Waals surface area contributed by atoms with Crippen molar-refractivity contribution < 1.29 is 23.9 Å². The molecule has 2 atom stereocenters.